The van der Waals surface area contributed by atoms with Gasteiger partial charge < -0.3 is 14.2 Å². The standard InChI is InChI=1S/C28H38N4O7/c1-37-25-11-3-9-23(27(25)31(33)34)17-29-13-5-7-21(15-29)19-39-20-22-8-6-14-30(16-22)18-24-10-4-12-26(38-2)28(24)32(35)36/h3-4,9-12,21-22H,5-8,13-20H2,1-2H3. The van der Waals surface area contributed by atoms with Gasteiger partial charge in [-0.3, -0.25) is 30.0 Å². The van der Waals surface area contributed by atoms with E-state index in [1.807, 2.05) is 0 Å². The van der Waals surface area contributed by atoms with Gasteiger partial charge >= 0.3 is 11.4 Å². The fourth-order valence-corrected chi connectivity index (χ4v) is 5.88. The number of piperidine rings is 2. The molecule has 212 valence electrons. The van der Waals surface area contributed by atoms with Crippen molar-refractivity contribution in [2.45, 2.75) is 38.8 Å². The van der Waals surface area contributed by atoms with Gasteiger partial charge in [-0.2, -0.15) is 0 Å². The van der Waals surface area contributed by atoms with Crippen LogP contribution in [0.25, 0.3) is 0 Å². The molecule has 2 aliphatic rings. The third kappa shape index (κ3) is 7.43. The van der Waals surface area contributed by atoms with Crippen LogP contribution in [0.3, 0.4) is 0 Å². The van der Waals surface area contributed by atoms with E-state index in [-0.39, 0.29) is 32.7 Å². The van der Waals surface area contributed by atoms with Crippen LogP contribution in [-0.2, 0) is 17.8 Å². The average molecular weight is 543 g/mol. The van der Waals surface area contributed by atoms with Gasteiger partial charge in [0.2, 0.25) is 0 Å². The van der Waals surface area contributed by atoms with Gasteiger partial charge in [0.25, 0.3) is 0 Å². The van der Waals surface area contributed by atoms with Gasteiger partial charge in [-0.1, -0.05) is 24.3 Å². The van der Waals surface area contributed by atoms with Crippen LogP contribution in [0, 0.1) is 32.1 Å². The highest BCUT2D eigenvalue weighted by Gasteiger charge is 2.28. The second-order valence-corrected chi connectivity index (χ2v) is 10.5. The molecule has 0 amide bonds. The number of likely N-dealkylation sites (tertiary alicyclic amines) is 2. The second kappa shape index (κ2) is 13.7. The molecule has 0 bridgehead atoms. The largest absolute Gasteiger partial charge is 0.490 e. The van der Waals surface area contributed by atoms with Gasteiger partial charge in [-0.15, -0.1) is 0 Å². The van der Waals surface area contributed by atoms with Crippen molar-refractivity contribution in [2.75, 3.05) is 53.6 Å². The summed E-state index contributed by atoms with van der Waals surface area (Å²) in [6, 6.07) is 10.4. The molecule has 2 heterocycles. The summed E-state index contributed by atoms with van der Waals surface area (Å²) in [5, 5.41) is 23.3. The molecule has 2 atom stereocenters. The lowest BCUT2D eigenvalue weighted by Crippen LogP contribution is -2.39. The quantitative estimate of drug-likeness (QED) is 0.278. The third-order valence-electron chi connectivity index (χ3n) is 7.67. The lowest BCUT2D eigenvalue weighted by atomic mass is 9.97. The molecule has 2 aromatic rings. The minimum absolute atomic E-state index is 0.0412. The van der Waals surface area contributed by atoms with Crippen LogP contribution in [0.1, 0.15) is 36.8 Å². The summed E-state index contributed by atoms with van der Waals surface area (Å²) in [5.74, 6) is 1.33. The monoisotopic (exact) mass is 542 g/mol. The first-order chi connectivity index (χ1) is 18.9. The molecule has 11 heteroatoms. The zero-order valence-corrected chi connectivity index (χ0v) is 22.8. The predicted molar refractivity (Wildman–Crippen MR) is 146 cm³/mol. The Morgan fingerprint density at radius 1 is 0.769 bits per heavy atom. The van der Waals surface area contributed by atoms with E-state index in [0.29, 0.717) is 49.3 Å². The minimum Gasteiger partial charge on any atom is -0.490 e. The molecule has 11 nitrogen and oxygen atoms in total. The summed E-state index contributed by atoms with van der Waals surface area (Å²) in [5.41, 5.74) is 1.41. The fourth-order valence-electron chi connectivity index (χ4n) is 5.88. The van der Waals surface area contributed by atoms with Crippen molar-refractivity contribution < 1.29 is 24.1 Å². The highest BCUT2D eigenvalue weighted by molar-refractivity contribution is 5.53. The number of hydrogen-bond donors (Lipinski definition) is 0. The number of nitro benzene ring substituents is 2. The van der Waals surface area contributed by atoms with Crippen molar-refractivity contribution in [3.63, 3.8) is 0 Å². The molecule has 0 saturated carbocycles. The van der Waals surface area contributed by atoms with E-state index in [2.05, 4.69) is 9.80 Å². The average Bonchev–Trinajstić information content (AvgIpc) is 2.93. The smallest absolute Gasteiger partial charge is 0.315 e. The number of hydrogen-bond acceptors (Lipinski definition) is 9. The number of ether oxygens (including phenoxy) is 3. The summed E-state index contributed by atoms with van der Waals surface area (Å²) in [7, 11) is 2.91. The topological polar surface area (TPSA) is 120 Å². The molecular weight excluding hydrogens is 504 g/mol. The molecule has 4 rings (SSSR count). The van der Waals surface area contributed by atoms with E-state index in [1.54, 1.807) is 36.4 Å². The van der Waals surface area contributed by atoms with Crippen LogP contribution in [0.5, 0.6) is 11.5 Å². The first-order valence-corrected chi connectivity index (χ1v) is 13.5. The fraction of sp³-hybridized carbons (Fsp3) is 0.571. The molecule has 2 unspecified atom stereocenters. The van der Waals surface area contributed by atoms with Crippen LogP contribution in [0.15, 0.2) is 36.4 Å². The molecule has 39 heavy (non-hydrogen) atoms. The Hall–Kier alpha value is -3.28. The minimum atomic E-state index is -0.362. The summed E-state index contributed by atoms with van der Waals surface area (Å²) in [4.78, 5) is 27.1. The maximum Gasteiger partial charge on any atom is 0.315 e. The Morgan fingerprint density at radius 3 is 1.59 bits per heavy atom. The third-order valence-corrected chi connectivity index (χ3v) is 7.67. The highest BCUT2D eigenvalue weighted by Crippen LogP contribution is 2.33. The zero-order chi connectivity index (χ0) is 27.8. The molecule has 0 aromatic heterocycles. The SMILES string of the molecule is COc1cccc(CN2CCCC(COCC3CCCN(Cc4cccc(OC)c4[N+](=O)[O-])C3)C2)c1[N+](=O)[O-]. The van der Waals surface area contributed by atoms with E-state index in [0.717, 1.165) is 51.9 Å². The number of methoxy groups -OCH3 is 2. The molecule has 2 fully saturated rings. The number of rotatable bonds is 12. The molecule has 0 aliphatic carbocycles. The van der Waals surface area contributed by atoms with E-state index < -0.39 is 0 Å². The van der Waals surface area contributed by atoms with E-state index in [1.165, 1.54) is 14.2 Å². The molecular formula is C28H38N4O7. The first-order valence-electron chi connectivity index (χ1n) is 13.5. The first kappa shape index (κ1) is 28.7. The lowest BCUT2D eigenvalue weighted by Gasteiger charge is -2.34. The Labute approximate surface area is 228 Å². The highest BCUT2D eigenvalue weighted by atomic mass is 16.6. The molecule has 0 spiro atoms. The Bertz CT molecular complexity index is 1060. The number of para-hydroxylation sites is 2. The number of benzene rings is 2. The number of nitro groups is 2. The van der Waals surface area contributed by atoms with Crippen molar-refractivity contribution in [3.8, 4) is 11.5 Å². The second-order valence-electron chi connectivity index (χ2n) is 10.5. The van der Waals surface area contributed by atoms with Crippen molar-refractivity contribution in [1.82, 2.24) is 9.80 Å². The normalized spacial score (nSPS) is 20.5. The molecule has 2 aromatic carbocycles. The van der Waals surface area contributed by atoms with Crippen LogP contribution in [0.2, 0.25) is 0 Å². The summed E-state index contributed by atoms with van der Waals surface area (Å²) in [6.07, 6.45) is 4.21. The number of nitrogens with zero attached hydrogens (tertiary/aromatic N) is 4. The molecule has 2 saturated heterocycles. The van der Waals surface area contributed by atoms with E-state index in [9.17, 15) is 20.2 Å². The van der Waals surface area contributed by atoms with E-state index in [4.69, 9.17) is 14.2 Å². The predicted octanol–water partition coefficient (Wildman–Crippen LogP) is 4.66. The van der Waals surface area contributed by atoms with Crippen molar-refractivity contribution in [2.24, 2.45) is 11.8 Å². The molecule has 0 radical (unpaired) electrons. The lowest BCUT2D eigenvalue weighted by molar-refractivity contribution is -0.386. The van der Waals surface area contributed by atoms with Crippen LogP contribution in [-0.4, -0.2) is 73.3 Å². The summed E-state index contributed by atoms with van der Waals surface area (Å²) in [6.45, 7) is 5.83. The van der Waals surface area contributed by atoms with Crippen molar-refractivity contribution in [3.05, 3.63) is 67.8 Å². The van der Waals surface area contributed by atoms with Crippen molar-refractivity contribution >= 4 is 11.4 Å². The molecule has 0 N–H and O–H groups in total. The van der Waals surface area contributed by atoms with Gasteiger partial charge in [0, 0.05) is 37.3 Å². The maximum absolute atomic E-state index is 11.6. The van der Waals surface area contributed by atoms with Gasteiger partial charge in [0.15, 0.2) is 11.5 Å². The zero-order valence-electron chi connectivity index (χ0n) is 22.8. The van der Waals surface area contributed by atoms with Crippen LogP contribution in [0.4, 0.5) is 11.4 Å². The Balaban J connectivity index is 1.26. The van der Waals surface area contributed by atoms with Gasteiger partial charge in [0.1, 0.15) is 0 Å². The Kier molecular flexibility index (Phi) is 10.1. The van der Waals surface area contributed by atoms with E-state index >= 15 is 0 Å². The molecule has 2 aliphatic heterocycles. The van der Waals surface area contributed by atoms with Crippen LogP contribution < -0.4 is 9.47 Å². The van der Waals surface area contributed by atoms with Crippen molar-refractivity contribution in [1.29, 1.82) is 0 Å². The summed E-state index contributed by atoms with van der Waals surface area (Å²) < 4.78 is 16.6. The van der Waals surface area contributed by atoms with Gasteiger partial charge in [-0.25, -0.2) is 0 Å². The summed E-state index contributed by atoms with van der Waals surface area (Å²) >= 11 is 0. The van der Waals surface area contributed by atoms with Gasteiger partial charge in [-0.05, 0) is 62.7 Å². The van der Waals surface area contributed by atoms with Crippen LogP contribution >= 0.6 is 0 Å². The Morgan fingerprint density at radius 2 is 1.21 bits per heavy atom. The van der Waals surface area contributed by atoms with Gasteiger partial charge in [0.05, 0.1) is 37.3 Å². The maximum atomic E-state index is 11.6.